The van der Waals surface area contributed by atoms with Gasteiger partial charge in [-0.1, -0.05) is 18.2 Å². The molecule has 5 rings (SSSR count). The Balaban J connectivity index is 1.33. The Kier molecular flexibility index (Phi) is 6.87. The molecule has 0 aliphatic carbocycles. The van der Waals surface area contributed by atoms with Crippen LogP contribution >= 0.6 is 23.2 Å². The number of nitrogens with zero attached hydrogens (tertiary/aromatic N) is 5. The number of anilines is 1. The highest BCUT2D eigenvalue weighted by atomic mass is 35.5. The molecule has 2 aliphatic heterocycles. The standard InChI is InChI=1S/C21H24Cl2N6O5S/c22-10-14-16(30)17(31)20(34-14)29-11-24-15-18(25-21(23)26-19(15)29)27-28-8-6-13(7-9-28)35(32,33)12-4-2-1-3-5-12/h1-5,11,13-14,16-17,20,30-31H,6-10H2,(H,25,26,27)/t14-,16?,17?,20-/m1/s1. The summed E-state index contributed by atoms with van der Waals surface area (Å²) in [5.41, 5.74) is 3.86. The van der Waals surface area contributed by atoms with Gasteiger partial charge in [-0.2, -0.15) is 9.97 Å². The van der Waals surface area contributed by atoms with Gasteiger partial charge in [-0.25, -0.2) is 18.4 Å². The summed E-state index contributed by atoms with van der Waals surface area (Å²) in [6.45, 7) is 0.934. The summed E-state index contributed by atoms with van der Waals surface area (Å²) in [6.07, 6.45) is -1.75. The minimum absolute atomic E-state index is 0.0137. The average molecular weight is 543 g/mol. The van der Waals surface area contributed by atoms with E-state index in [1.807, 2.05) is 5.01 Å². The van der Waals surface area contributed by atoms with Crippen molar-refractivity contribution in [1.29, 1.82) is 0 Å². The van der Waals surface area contributed by atoms with Crippen molar-refractivity contribution >= 4 is 50.0 Å². The van der Waals surface area contributed by atoms with Gasteiger partial charge in [0.15, 0.2) is 33.0 Å². The minimum atomic E-state index is -3.41. The Hall–Kier alpha value is -2.06. The molecule has 2 fully saturated rings. The zero-order valence-corrected chi connectivity index (χ0v) is 20.7. The number of rotatable bonds is 6. The van der Waals surface area contributed by atoms with Crippen LogP contribution in [0.2, 0.25) is 5.28 Å². The molecule has 4 heterocycles. The van der Waals surface area contributed by atoms with Crippen molar-refractivity contribution < 1.29 is 23.4 Å². The van der Waals surface area contributed by atoms with E-state index in [0.717, 1.165) is 0 Å². The second-order valence-electron chi connectivity index (χ2n) is 8.52. The zero-order chi connectivity index (χ0) is 24.7. The molecule has 1 aromatic carbocycles. The number of piperidine rings is 1. The number of aromatic nitrogens is 4. The van der Waals surface area contributed by atoms with Gasteiger partial charge >= 0.3 is 0 Å². The predicted octanol–water partition coefficient (Wildman–Crippen LogP) is 1.60. The third-order valence-corrected chi connectivity index (χ3v) is 9.13. The summed E-state index contributed by atoms with van der Waals surface area (Å²) in [6, 6.07) is 8.47. The quantitative estimate of drug-likeness (QED) is 0.310. The third kappa shape index (κ3) is 4.59. The maximum atomic E-state index is 12.9. The van der Waals surface area contributed by atoms with Crippen LogP contribution in [0.4, 0.5) is 5.82 Å². The van der Waals surface area contributed by atoms with E-state index in [4.69, 9.17) is 27.9 Å². The van der Waals surface area contributed by atoms with E-state index >= 15 is 0 Å². The average Bonchev–Trinajstić information content (AvgIpc) is 3.40. The number of hydrazine groups is 1. The summed E-state index contributed by atoms with van der Waals surface area (Å²) >= 11 is 12.0. The maximum Gasteiger partial charge on any atom is 0.226 e. The number of aliphatic hydroxyl groups is 2. The fourth-order valence-electron chi connectivity index (χ4n) is 4.47. The Morgan fingerprint density at radius 1 is 1.11 bits per heavy atom. The van der Waals surface area contributed by atoms with Crippen LogP contribution in [0.25, 0.3) is 11.2 Å². The Morgan fingerprint density at radius 2 is 1.83 bits per heavy atom. The van der Waals surface area contributed by atoms with Crippen molar-refractivity contribution in [3.05, 3.63) is 41.9 Å². The van der Waals surface area contributed by atoms with Crippen molar-refractivity contribution in [3.63, 3.8) is 0 Å². The molecule has 0 bridgehead atoms. The van der Waals surface area contributed by atoms with Gasteiger partial charge in [-0.05, 0) is 36.6 Å². The first-order valence-corrected chi connectivity index (χ1v) is 13.5. The number of hydrogen-bond acceptors (Lipinski definition) is 10. The Bertz CT molecular complexity index is 1300. The third-order valence-electron chi connectivity index (χ3n) is 6.37. The van der Waals surface area contributed by atoms with Crippen LogP contribution in [0.3, 0.4) is 0 Å². The SMILES string of the molecule is O=S(=O)(c1ccccc1)C1CCN(Nc2nc(Cl)nc3c2ncn3[C@@H]2O[C@H](CCl)C(O)C2O)CC1. The Labute approximate surface area is 211 Å². The summed E-state index contributed by atoms with van der Waals surface area (Å²) in [5, 5.41) is 21.9. The van der Waals surface area contributed by atoms with Crippen molar-refractivity contribution in [2.45, 2.75) is 47.5 Å². The normalized spacial score (nSPS) is 26.4. The first-order chi connectivity index (χ1) is 16.8. The van der Waals surface area contributed by atoms with Crippen LogP contribution in [0.5, 0.6) is 0 Å². The van der Waals surface area contributed by atoms with Crippen LogP contribution in [0, 0.1) is 0 Å². The van der Waals surface area contributed by atoms with Crippen LogP contribution < -0.4 is 5.43 Å². The topological polar surface area (TPSA) is 143 Å². The van der Waals surface area contributed by atoms with Crippen molar-refractivity contribution in [1.82, 2.24) is 24.5 Å². The van der Waals surface area contributed by atoms with E-state index in [2.05, 4.69) is 20.4 Å². The molecule has 35 heavy (non-hydrogen) atoms. The van der Waals surface area contributed by atoms with Gasteiger partial charge in [-0.3, -0.25) is 4.57 Å². The van der Waals surface area contributed by atoms with Crippen LogP contribution in [-0.2, 0) is 14.6 Å². The Morgan fingerprint density at radius 3 is 2.49 bits per heavy atom. The van der Waals surface area contributed by atoms with Crippen LogP contribution in [0.15, 0.2) is 41.6 Å². The second kappa shape index (κ2) is 9.77. The highest BCUT2D eigenvalue weighted by Gasteiger charge is 2.44. The van der Waals surface area contributed by atoms with Gasteiger partial charge in [0, 0.05) is 13.1 Å². The summed E-state index contributed by atoms with van der Waals surface area (Å²) in [7, 11) is -3.41. The first-order valence-electron chi connectivity index (χ1n) is 11.1. The second-order valence-corrected chi connectivity index (χ2v) is 11.4. The molecule has 2 aliphatic rings. The molecule has 4 atom stereocenters. The number of alkyl halides is 1. The fraction of sp³-hybridized carbons (Fsp3) is 0.476. The van der Waals surface area contributed by atoms with Crippen molar-refractivity contribution in [2.24, 2.45) is 0 Å². The van der Waals surface area contributed by atoms with E-state index in [0.29, 0.717) is 47.8 Å². The fourth-order valence-corrected chi connectivity index (χ4v) is 6.64. The monoisotopic (exact) mass is 542 g/mol. The molecule has 0 radical (unpaired) electrons. The number of fused-ring (bicyclic) bond motifs is 1. The highest BCUT2D eigenvalue weighted by Crippen LogP contribution is 2.33. The van der Waals surface area contributed by atoms with Crippen molar-refractivity contribution in [2.75, 3.05) is 24.4 Å². The zero-order valence-electron chi connectivity index (χ0n) is 18.4. The molecule has 2 aromatic heterocycles. The molecule has 2 unspecified atom stereocenters. The lowest BCUT2D eigenvalue weighted by Crippen LogP contribution is -2.42. The lowest BCUT2D eigenvalue weighted by atomic mass is 10.1. The lowest BCUT2D eigenvalue weighted by molar-refractivity contribution is -0.0291. The molecular weight excluding hydrogens is 519 g/mol. The van der Waals surface area contributed by atoms with Gasteiger partial charge in [-0.15, -0.1) is 11.6 Å². The summed E-state index contributed by atoms with van der Waals surface area (Å²) < 4.78 is 33.1. The number of ether oxygens (including phenoxy) is 1. The molecular formula is C21H24Cl2N6O5S. The smallest absolute Gasteiger partial charge is 0.226 e. The maximum absolute atomic E-state index is 12.9. The first kappa shape index (κ1) is 24.6. The molecule has 0 spiro atoms. The molecule has 2 saturated heterocycles. The van der Waals surface area contributed by atoms with Crippen molar-refractivity contribution in [3.8, 4) is 0 Å². The molecule has 0 amide bonds. The van der Waals surface area contributed by atoms with E-state index in [-0.39, 0.29) is 11.2 Å². The number of hydrogen-bond donors (Lipinski definition) is 3. The van der Waals surface area contributed by atoms with Gasteiger partial charge in [0.2, 0.25) is 5.28 Å². The highest BCUT2D eigenvalue weighted by molar-refractivity contribution is 7.92. The van der Waals surface area contributed by atoms with E-state index < -0.39 is 39.6 Å². The molecule has 14 heteroatoms. The van der Waals surface area contributed by atoms with Gasteiger partial charge in [0.25, 0.3) is 0 Å². The number of halogens is 2. The van der Waals surface area contributed by atoms with E-state index in [1.165, 1.54) is 10.9 Å². The minimum Gasteiger partial charge on any atom is -0.387 e. The largest absolute Gasteiger partial charge is 0.387 e. The van der Waals surface area contributed by atoms with Gasteiger partial charge in [0.1, 0.15) is 18.3 Å². The molecule has 188 valence electrons. The number of benzene rings is 1. The number of imidazole rings is 1. The molecule has 11 nitrogen and oxygen atoms in total. The predicted molar refractivity (Wildman–Crippen MR) is 129 cm³/mol. The van der Waals surface area contributed by atoms with Gasteiger partial charge < -0.3 is 20.4 Å². The van der Waals surface area contributed by atoms with E-state index in [9.17, 15) is 18.6 Å². The number of nitrogens with one attached hydrogen (secondary N) is 1. The number of aliphatic hydroxyl groups excluding tert-OH is 2. The van der Waals surface area contributed by atoms with E-state index in [1.54, 1.807) is 30.3 Å². The molecule has 3 N–H and O–H groups in total. The van der Waals surface area contributed by atoms with Gasteiger partial charge in [0.05, 0.1) is 22.4 Å². The lowest BCUT2D eigenvalue weighted by Gasteiger charge is -2.32. The summed E-state index contributed by atoms with van der Waals surface area (Å²) in [5.74, 6) is 0.352. The summed E-state index contributed by atoms with van der Waals surface area (Å²) in [4.78, 5) is 13.2. The molecule has 0 saturated carbocycles. The molecule has 3 aromatic rings. The van der Waals surface area contributed by atoms with Crippen LogP contribution in [0.1, 0.15) is 19.1 Å². The van der Waals surface area contributed by atoms with Crippen LogP contribution in [-0.4, -0.2) is 85.7 Å². The number of sulfone groups is 1.